The summed E-state index contributed by atoms with van der Waals surface area (Å²) in [4.78, 5) is 0. The van der Waals surface area contributed by atoms with Crippen LogP contribution in [0.1, 0.15) is 0 Å². The van der Waals surface area contributed by atoms with E-state index in [1.807, 2.05) is 11.3 Å². The van der Waals surface area contributed by atoms with Crippen LogP contribution in [0.4, 0.5) is 0 Å². The van der Waals surface area contributed by atoms with Gasteiger partial charge in [0.05, 0.1) is 11.0 Å². The highest BCUT2D eigenvalue weighted by Gasteiger charge is 2.18. The largest absolute Gasteiger partial charge is 0.309 e. The maximum absolute atomic E-state index is 2.48. The van der Waals surface area contributed by atoms with E-state index in [0.717, 1.165) is 0 Å². The molecule has 0 aliphatic rings. The molecule has 0 aliphatic carbocycles. The first kappa shape index (κ1) is 19.9. The lowest BCUT2D eigenvalue weighted by atomic mass is 10.0. The van der Waals surface area contributed by atoms with Crippen molar-refractivity contribution in [2.45, 2.75) is 0 Å². The maximum Gasteiger partial charge on any atom is 0.0633 e. The summed E-state index contributed by atoms with van der Waals surface area (Å²) in [7, 11) is 0. The number of benzene rings is 6. The van der Waals surface area contributed by atoms with Gasteiger partial charge in [-0.3, -0.25) is 0 Å². The first-order chi connectivity index (χ1) is 17.9. The maximum atomic E-state index is 2.48. The first-order valence-corrected chi connectivity index (χ1v) is 13.1. The average molecular weight is 476 g/mol. The molecule has 0 bridgehead atoms. The number of nitrogens with zero attached hydrogens (tertiary/aromatic N) is 1. The number of hydrogen-bond acceptors (Lipinski definition) is 1. The molecule has 0 unspecified atom stereocenters. The van der Waals surface area contributed by atoms with Crippen LogP contribution >= 0.6 is 11.3 Å². The minimum absolute atomic E-state index is 1.19. The molecule has 6 aromatic carbocycles. The lowest BCUT2D eigenvalue weighted by molar-refractivity contribution is 1.19. The summed E-state index contributed by atoms with van der Waals surface area (Å²) in [5.41, 5.74) is 6.18. The van der Waals surface area contributed by atoms with E-state index in [4.69, 9.17) is 0 Å². The molecule has 0 amide bonds. The lowest BCUT2D eigenvalue weighted by Crippen LogP contribution is -1.95. The fourth-order valence-corrected chi connectivity index (χ4v) is 7.02. The van der Waals surface area contributed by atoms with Crippen LogP contribution < -0.4 is 0 Å². The topological polar surface area (TPSA) is 4.93 Å². The summed E-state index contributed by atoms with van der Waals surface area (Å²) in [6.45, 7) is 0. The molecule has 168 valence electrons. The minimum atomic E-state index is 1.19. The molecule has 0 radical (unpaired) electrons. The molecular weight excluding hydrogens is 454 g/mol. The Bertz CT molecular complexity index is 2090. The highest BCUT2D eigenvalue weighted by atomic mass is 32.1. The molecule has 0 fully saturated rings. The zero-order chi connectivity index (χ0) is 23.6. The molecule has 0 spiro atoms. The standard InChI is InChI=1S/C34H21NS/c1-2-9-22(10-3-1)24-11-8-12-25(21-24)35-30-15-6-4-13-26(30)28-19-17-23-18-20-29-27-14-5-7-16-31(27)36-34(29)32(23)33(28)35/h1-21H. The summed E-state index contributed by atoms with van der Waals surface area (Å²) < 4.78 is 5.18. The van der Waals surface area contributed by atoms with Gasteiger partial charge in [-0.15, -0.1) is 11.3 Å². The van der Waals surface area contributed by atoms with Crippen LogP contribution in [0.5, 0.6) is 0 Å². The van der Waals surface area contributed by atoms with Gasteiger partial charge in [0.1, 0.15) is 0 Å². The summed E-state index contributed by atoms with van der Waals surface area (Å²) in [6, 6.07) is 46.4. The van der Waals surface area contributed by atoms with Crippen LogP contribution in [0.3, 0.4) is 0 Å². The van der Waals surface area contributed by atoms with Gasteiger partial charge < -0.3 is 4.57 Å². The van der Waals surface area contributed by atoms with Gasteiger partial charge in [-0.05, 0) is 40.8 Å². The van der Waals surface area contributed by atoms with E-state index < -0.39 is 0 Å². The van der Waals surface area contributed by atoms with E-state index in [2.05, 4.69) is 132 Å². The Labute approximate surface area is 212 Å². The predicted molar refractivity (Wildman–Crippen MR) is 157 cm³/mol. The summed E-state index contributed by atoms with van der Waals surface area (Å²) in [5.74, 6) is 0. The Morgan fingerprint density at radius 1 is 0.500 bits per heavy atom. The summed E-state index contributed by atoms with van der Waals surface area (Å²) in [6.07, 6.45) is 0. The van der Waals surface area contributed by atoms with Crippen molar-refractivity contribution < 1.29 is 0 Å². The van der Waals surface area contributed by atoms with Crippen molar-refractivity contribution in [1.29, 1.82) is 0 Å². The highest BCUT2D eigenvalue weighted by molar-refractivity contribution is 7.26. The van der Waals surface area contributed by atoms with Crippen LogP contribution in [-0.2, 0) is 0 Å². The Morgan fingerprint density at radius 3 is 2.11 bits per heavy atom. The zero-order valence-corrected chi connectivity index (χ0v) is 20.3. The summed E-state index contributed by atoms with van der Waals surface area (Å²) >= 11 is 1.91. The molecule has 2 heterocycles. The van der Waals surface area contributed by atoms with E-state index in [0.29, 0.717) is 0 Å². The Hall–Kier alpha value is -4.40. The van der Waals surface area contributed by atoms with Crippen molar-refractivity contribution in [2.75, 3.05) is 0 Å². The average Bonchev–Trinajstić information content (AvgIpc) is 3.49. The fraction of sp³-hybridized carbons (Fsp3) is 0. The zero-order valence-electron chi connectivity index (χ0n) is 19.5. The Balaban J connectivity index is 1.56. The van der Waals surface area contributed by atoms with E-state index in [9.17, 15) is 0 Å². The van der Waals surface area contributed by atoms with Crippen LogP contribution in [0.15, 0.2) is 127 Å². The molecular formula is C34H21NS. The third-order valence-electron chi connectivity index (χ3n) is 7.37. The number of para-hydroxylation sites is 1. The van der Waals surface area contributed by atoms with E-state index in [-0.39, 0.29) is 0 Å². The third kappa shape index (κ3) is 2.76. The lowest BCUT2D eigenvalue weighted by Gasteiger charge is -2.12. The number of aromatic nitrogens is 1. The van der Waals surface area contributed by atoms with Crippen molar-refractivity contribution in [1.82, 2.24) is 4.57 Å². The monoisotopic (exact) mass is 475 g/mol. The Morgan fingerprint density at radius 2 is 1.22 bits per heavy atom. The number of fused-ring (bicyclic) bond motifs is 9. The molecule has 0 saturated carbocycles. The van der Waals surface area contributed by atoms with Gasteiger partial charge in [0.15, 0.2) is 0 Å². The van der Waals surface area contributed by atoms with Gasteiger partial charge in [-0.2, -0.15) is 0 Å². The van der Waals surface area contributed by atoms with Crippen molar-refractivity contribution in [3.63, 3.8) is 0 Å². The van der Waals surface area contributed by atoms with E-state index in [1.54, 1.807) is 0 Å². The van der Waals surface area contributed by atoms with Crippen LogP contribution in [0.2, 0.25) is 0 Å². The molecule has 2 aromatic heterocycles. The van der Waals surface area contributed by atoms with Gasteiger partial charge in [-0.25, -0.2) is 0 Å². The van der Waals surface area contributed by atoms with Gasteiger partial charge >= 0.3 is 0 Å². The first-order valence-electron chi connectivity index (χ1n) is 12.3. The molecule has 2 heteroatoms. The normalized spacial score (nSPS) is 11.9. The van der Waals surface area contributed by atoms with Gasteiger partial charge in [-0.1, -0.05) is 103 Å². The van der Waals surface area contributed by atoms with E-state index >= 15 is 0 Å². The molecule has 0 saturated heterocycles. The van der Waals surface area contributed by atoms with Gasteiger partial charge in [0.2, 0.25) is 0 Å². The van der Waals surface area contributed by atoms with Crippen molar-refractivity contribution >= 4 is 64.1 Å². The SMILES string of the molecule is c1ccc(-c2cccc(-n3c4ccccc4c4ccc5ccc6c7ccccc7sc6c5c43)c2)cc1. The third-order valence-corrected chi connectivity index (χ3v) is 8.57. The molecule has 8 aromatic rings. The number of hydrogen-bond donors (Lipinski definition) is 0. The minimum Gasteiger partial charge on any atom is -0.309 e. The second kappa shape index (κ2) is 7.55. The molecule has 1 nitrogen and oxygen atoms in total. The van der Waals surface area contributed by atoms with Crippen molar-refractivity contribution in [2.24, 2.45) is 0 Å². The second-order valence-corrected chi connectivity index (χ2v) is 10.4. The second-order valence-electron chi connectivity index (χ2n) is 9.37. The van der Waals surface area contributed by atoms with Crippen LogP contribution in [0.25, 0.3) is 69.6 Å². The molecule has 0 atom stereocenters. The molecule has 0 aliphatic heterocycles. The predicted octanol–water partition coefficient (Wildman–Crippen LogP) is 9.97. The van der Waals surface area contributed by atoms with Gasteiger partial charge in [0.25, 0.3) is 0 Å². The number of thiophene rings is 1. The van der Waals surface area contributed by atoms with Gasteiger partial charge in [0, 0.05) is 42.0 Å². The number of rotatable bonds is 2. The van der Waals surface area contributed by atoms with Crippen molar-refractivity contribution in [3.8, 4) is 16.8 Å². The van der Waals surface area contributed by atoms with E-state index in [1.165, 1.54) is 69.6 Å². The quantitative estimate of drug-likeness (QED) is 0.234. The molecule has 36 heavy (non-hydrogen) atoms. The van der Waals surface area contributed by atoms with Crippen LogP contribution in [0, 0.1) is 0 Å². The molecule has 0 N–H and O–H groups in total. The Kier molecular flexibility index (Phi) is 4.16. The van der Waals surface area contributed by atoms with Crippen LogP contribution in [-0.4, -0.2) is 4.57 Å². The van der Waals surface area contributed by atoms with Crippen molar-refractivity contribution in [3.05, 3.63) is 127 Å². The summed E-state index contributed by atoms with van der Waals surface area (Å²) in [5, 5.41) is 7.89. The highest BCUT2D eigenvalue weighted by Crippen LogP contribution is 2.44. The molecule has 8 rings (SSSR count). The smallest absolute Gasteiger partial charge is 0.0633 e. The fourth-order valence-electron chi connectivity index (χ4n) is 5.76.